The van der Waals surface area contributed by atoms with E-state index >= 15 is 0 Å². The molecule has 2 amide bonds. The lowest BCUT2D eigenvalue weighted by molar-refractivity contribution is 0.160. The predicted molar refractivity (Wildman–Crippen MR) is 63.1 cm³/mol. The van der Waals surface area contributed by atoms with E-state index in [1.807, 2.05) is 4.90 Å². The van der Waals surface area contributed by atoms with Crippen LogP contribution in [0.25, 0.3) is 0 Å². The number of carbonyl (C=O) groups excluding carboxylic acids is 1. The molecule has 3 fully saturated rings. The number of rotatable bonds is 0. The second kappa shape index (κ2) is 3.14. The van der Waals surface area contributed by atoms with Crippen LogP contribution >= 0.6 is 0 Å². The van der Waals surface area contributed by atoms with E-state index in [2.05, 4.69) is 25.7 Å². The molecule has 2 saturated heterocycles. The summed E-state index contributed by atoms with van der Waals surface area (Å²) in [6.07, 6.45) is 1.18. The van der Waals surface area contributed by atoms with E-state index in [4.69, 9.17) is 0 Å². The fourth-order valence-electron chi connectivity index (χ4n) is 3.60. The van der Waals surface area contributed by atoms with E-state index in [0.717, 1.165) is 38.0 Å². The molecular formula is C13H22N2O. The topological polar surface area (TPSA) is 23.6 Å². The lowest BCUT2D eigenvalue weighted by Gasteiger charge is -2.27. The summed E-state index contributed by atoms with van der Waals surface area (Å²) in [5.41, 5.74) is 0.509. The van der Waals surface area contributed by atoms with Gasteiger partial charge in [0.2, 0.25) is 0 Å². The lowest BCUT2D eigenvalue weighted by Crippen LogP contribution is -2.42. The molecule has 1 saturated carbocycles. The van der Waals surface area contributed by atoms with Crippen LogP contribution in [-0.2, 0) is 0 Å². The maximum atomic E-state index is 12.2. The Morgan fingerprint density at radius 2 is 1.75 bits per heavy atom. The molecule has 0 spiro atoms. The molecule has 0 N–H and O–H groups in total. The highest BCUT2D eigenvalue weighted by Crippen LogP contribution is 2.62. The molecular weight excluding hydrogens is 200 g/mol. The first kappa shape index (κ1) is 10.4. The molecule has 0 aromatic heterocycles. The Hall–Kier alpha value is -0.730. The highest BCUT2D eigenvalue weighted by atomic mass is 16.2. The largest absolute Gasteiger partial charge is 0.324 e. The molecule has 3 heteroatoms. The number of urea groups is 1. The van der Waals surface area contributed by atoms with Gasteiger partial charge in [0.25, 0.3) is 0 Å². The minimum absolute atomic E-state index is 0.298. The number of likely N-dealkylation sites (tertiary alicyclic amines) is 2. The molecule has 0 aromatic rings. The zero-order valence-electron chi connectivity index (χ0n) is 10.6. The Morgan fingerprint density at radius 1 is 1.12 bits per heavy atom. The number of fused-ring (bicyclic) bond motifs is 1. The summed E-state index contributed by atoms with van der Waals surface area (Å²) in [5, 5.41) is 0. The summed E-state index contributed by atoms with van der Waals surface area (Å²) in [6.45, 7) is 10.8. The third-order valence-corrected chi connectivity index (χ3v) is 5.09. The lowest BCUT2D eigenvalue weighted by atomic mass is 10.1. The van der Waals surface area contributed by atoms with Crippen molar-refractivity contribution in [3.63, 3.8) is 0 Å². The average Bonchev–Trinajstić information content (AvgIpc) is 2.72. The van der Waals surface area contributed by atoms with E-state index in [0.29, 0.717) is 17.4 Å². The van der Waals surface area contributed by atoms with Crippen LogP contribution in [0.1, 0.15) is 27.2 Å². The summed E-state index contributed by atoms with van der Waals surface area (Å²) in [4.78, 5) is 16.3. The second-order valence-electron chi connectivity index (χ2n) is 6.56. The number of carbonyl (C=O) groups is 1. The first-order chi connectivity index (χ1) is 7.50. The number of hydrogen-bond donors (Lipinski definition) is 0. The molecule has 3 atom stereocenters. The van der Waals surface area contributed by atoms with Crippen LogP contribution in [0.4, 0.5) is 4.79 Å². The van der Waals surface area contributed by atoms with Gasteiger partial charge in [0, 0.05) is 26.2 Å². The molecule has 3 aliphatic rings. The first-order valence-electron chi connectivity index (χ1n) is 6.54. The molecule has 0 radical (unpaired) electrons. The molecule has 16 heavy (non-hydrogen) atoms. The molecule has 2 heterocycles. The van der Waals surface area contributed by atoms with Gasteiger partial charge in [0.05, 0.1) is 0 Å². The zero-order valence-corrected chi connectivity index (χ0v) is 10.6. The SMILES string of the molecule is CC1CCN(C(=O)N2CC3C(C2)C3(C)C)C1. The van der Waals surface area contributed by atoms with Crippen molar-refractivity contribution in [3.8, 4) is 0 Å². The van der Waals surface area contributed by atoms with Crippen molar-refractivity contribution in [1.82, 2.24) is 9.80 Å². The van der Waals surface area contributed by atoms with Crippen LogP contribution in [0.3, 0.4) is 0 Å². The number of hydrogen-bond acceptors (Lipinski definition) is 1. The van der Waals surface area contributed by atoms with Gasteiger partial charge < -0.3 is 9.80 Å². The number of amides is 2. The minimum Gasteiger partial charge on any atom is -0.324 e. The highest BCUT2D eigenvalue weighted by Gasteiger charge is 2.62. The summed E-state index contributed by atoms with van der Waals surface area (Å²) in [6, 6.07) is 0.298. The van der Waals surface area contributed by atoms with Crippen molar-refractivity contribution in [1.29, 1.82) is 0 Å². The molecule has 0 bridgehead atoms. The van der Waals surface area contributed by atoms with Crippen molar-refractivity contribution in [2.24, 2.45) is 23.2 Å². The molecule has 2 aliphatic heterocycles. The van der Waals surface area contributed by atoms with Gasteiger partial charge in [-0.25, -0.2) is 4.79 Å². The van der Waals surface area contributed by atoms with Crippen molar-refractivity contribution < 1.29 is 4.79 Å². The zero-order chi connectivity index (χ0) is 11.5. The average molecular weight is 222 g/mol. The van der Waals surface area contributed by atoms with E-state index in [1.165, 1.54) is 6.42 Å². The van der Waals surface area contributed by atoms with E-state index in [9.17, 15) is 4.79 Å². The number of piperidine rings is 1. The van der Waals surface area contributed by atoms with E-state index in [1.54, 1.807) is 0 Å². The monoisotopic (exact) mass is 222 g/mol. The van der Waals surface area contributed by atoms with Crippen LogP contribution in [-0.4, -0.2) is 42.0 Å². The number of nitrogens with zero attached hydrogens (tertiary/aromatic N) is 2. The fourth-order valence-corrected chi connectivity index (χ4v) is 3.60. The Kier molecular flexibility index (Phi) is 2.05. The third-order valence-electron chi connectivity index (χ3n) is 5.09. The van der Waals surface area contributed by atoms with Crippen LogP contribution in [0, 0.1) is 23.2 Å². The highest BCUT2D eigenvalue weighted by molar-refractivity contribution is 5.75. The minimum atomic E-state index is 0.298. The van der Waals surface area contributed by atoms with Gasteiger partial charge in [0.15, 0.2) is 0 Å². The van der Waals surface area contributed by atoms with Crippen LogP contribution in [0.5, 0.6) is 0 Å². The summed E-state index contributed by atoms with van der Waals surface area (Å²) >= 11 is 0. The van der Waals surface area contributed by atoms with Crippen molar-refractivity contribution in [2.45, 2.75) is 27.2 Å². The fraction of sp³-hybridized carbons (Fsp3) is 0.923. The second-order valence-corrected chi connectivity index (χ2v) is 6.56. The third kappa shape index (κ3) is 1.36. The van der Waals surface area contributed by atoms with Crippen molar-refractivity contribution >= 4 is 6.03 Å². The Labute approximate surface area is 97.8 Å². The Balaban J connectivity index is 1.58. The first-order valence-corrected chi connectivity index (χ1v) is 6.54. The van der Waals surface area contributed by atoms with Crippen LogP contribution < -0.4 is 0 Å². The summed E-state index contributed by atoms with van der Waals surface area (Å²) in [7, 11) is 0. The normalized spacial score (nSPS) is 40.1. The van der Waals surface area contributed by atoms with Gasteiger partial charge in [-0.2, -0.15) is 0 Å². The quantitative estimate of drug-likeness (QED) is 0.615. The summed E-state index contributed by atoms with van der Waals surface area (Å²) in [5.74, 6) is 2.24. The Bertz CT molecular complexity index is 312. The molecule has 90 valence electrons. The molecule has 0 aromatic carbocycles. The maximum absolute atomic E-state index is 12.2. The Morgan fingerprint density at radius 3 is 2.25 bits per heavy atom. The molecule has 3 unspecified atom stereocenters. The van der Waals surface area contributed by atoms with Gasteiger partial charge in [-0.05, 0) is 29.6 Å². The van der Waals surface area contributed by atoms with Gasteiger partial charge >= 0.3 is 6.03 Å². The maximum Gasteiger partial charge on any atom is 0.320 e. The van der Waals surface area contributed by atoms with Crippen molar-refractivity contribution in [2.75, 3.05) is 26.2 Å². The van der Waals surface area contributed by atoms with E-state index < -0.39 is 0 Å². The van der Waals surface area contributed by atoms with Gasteiger partial charge in [-0.1, -0.05) is 20.8 Å². The standard InChI is InChI=1S/C13H22N2O/c1-9-4-5-14(6-9)12(16)15-7-10-11(8-15)13(10,2)3/h9-11H,4-8H2,1-3H3. The van der Waals surface area contributed by atoms with Crippen LogP contribution in [0.15, 0.2) is 0 Å². The molecule has 3 rings (SSSR count). The van der Waals surface area contributed by atoms with Gasteiger partial charge in [0.1, 0.15) is 0 Å². The van der Waals surface area contributed by atoms with Crippen LogP contribution in [0.2, 0.25) is 0 Å². The smallest absolute Gasteiger partial charge is 0.320 e. The van der Waals surface area contributed by atoms with Gasteiger partial charge in [-0.15, -0.1) is 0 Å². The summed E-state index contributed by atoms with van der Waals surface area (Å²) < 4.78 is 0. The van der Waals surface area contributed by atoms with E-state index in [-0.39, 0.29) is 0 Å². The molecule has 3 nitrogen and oxygen atoms in total. The van der Waals surface area contributed by atoms with Crippen molar-refractivity contribution in [3.05, 3.63) is 0 Å². The molecule has 1 aliphatic carbocycles. The van der Waals surface area contributed by atoms with Gasteiger partial charge in [-0.3, -0.25) is 0 Å². The predicted octanol–water partition coefficient (Wildman–Crippen LogP) is 2.04.